The van der Waals surface area contributed by atoms with Crippen LogP contribution in [0.25, 0.3) is 21.6 Å². The number of carbonyl (C=O) groups is 2. The van der Waals surface area contributed by atoms with Crippen LogP contribution in [-0.4, -0.2) is 43.0 Å². The molecule has 1 N–H and O–H groups in total. The van der Waals surface area contributed by atoms with Crippen molar-refractivity contribution in [2.75, 3.05) is 0 Å². The van der Waals surface area contributed by atoms with E-state index in [4.69, 9.17) is 4.74 Å². The lowest BCUT2D eigenvalue weighted by Crippen LogP contribution is -2.27. The van der Waals surface area contributed by atoms with Gasteiger partial charge in [-0.1, -0.05) is 24.3 Å². The zero-order valence-electron chi connectivity index (χ0n) is 15.2. The Morgan fingerprint density at radius 1 is 1.25 bits per heavy atom. The molecule has 4 aromatic rings. The van der Waals surface area contributed by atoms with Crippen LogP contribution in [0.1, 0.15) is 23.0 Å². The van der Waals surface area contributed by atoms with E-state index in [2.05, 4.69) is 20.4 Å². The maximum Gasteiger partial charge on any atom is 0.330 e. The van der Waals surface area contributed by atoms with Gasteiger partial charge in [0.15, 0.2) is 12.6 Å². The normalized spacial score (nSPS) is 12.2. The van der Waals surface area contributed by atoms with Gasteiger partial charge in [0, 0.05) is 22.2 Å². The first-order valence-electron chi connectivity index (χ1n) is 8.65. The number of aryl methyl sites for hydroxylation is 1. The molecule has 0 radical (unpaired) electrons. The monoisotopic (exact) mass is 395 g/mol. The van der Waals surface area contributed by atoms with Gasteiger partial charge in [-0.25, -0.2) is 4.79 Å². The quantitative estimate of drug-likeness (QED) is 0.398. The molecule has 3 aromatic heterocycles. The predicted molar refractivity (Wildman–Crippen MR) is 104 cm³/mol. The minimum Gasteiger partial charge on any atom is -0.453 e. The average Bonchev–Trinajstić information content (AvgIpc) is 3.39. The van der Waals surface area contributed by atoms with Crippen molar-refractivity contribution in [1.29, 1.82) is 0 Å². The number of thiophene rings is 1. The summed E-state index contributed by atoms with van der Waals surface area (Å²) >= 11 is 1.48. The molecule has 0 saturated heterocycles. The number of aromatic amines is 1. The number of H-pyrrole nitrogens is 1. The van der Waals surface area contributed by atoms with Crippen molar-refractivity contribution in [3.8, 4) is 10.7 Å². The molecule has 0 bridgehead atoms. The number of nitrogens with one attached hydrogen (secondary N) is 1. The van der Waals surface area contributed by atoms with Crippen molar-refractivity contribution in [1.82, 2.24) is 25.2 Å². The highest BCUT2D eigenvalue weighted by Gasteiger charge is 2.24. The van der Waals surface area contributed by atoms with E-state index in [1.807, 2.05) is 48.7 Å². The van der Waals surface area contributed by atoms with Crippen LogP contribution in [0.4, 0.5) is 0 Å². The van der Waals surface area contributed by atoms with Crippen LogP contribution in [-0.2, 0) is 16.1 Å². The molecule has 0 unspecified atom stereocenters. The van der Waals surface area contributed by atoms with Crippen LogP contribution >= 0.6 is 11.3 Å². The Morgan fingerprint density at radius 2 is 2.07 bits per heavy atom. The van der Waals surface area contributed by atoms with Crippen molar-refractivity contribution >= 4 is 34.0 Å². The van der Waals surface area contributed by atoms with E-state index in [0.29, 0.717) is 11.4 Å². The topological polar surface area (TPSA) is 103 Å². The van der Waals surface area contributed by atoms with Gasteiger partial charge < -0.3 is 9.72 Å². The van der Waals surface area contributed by atoms with Gasteiger partial charge in [0.25, 0.3) is 0 Å². The summed E-state index contributed by atoms with van der Waals surface area (Å²) in [6.45, 7) is 3.17. The van der Waals surface area contributed by atoms with Crippen molar-refractivity contribution in [2.24, 2.45) is 0 Å². The number of hydrogen-bond donors (Lipinski definition) is 1. The number of fused-ring (bicyclic) bond motifs is 1. The fraction of sp³-hybridized carbons (Fsp3) is 0.211. The molecule has 4 rings (SSSR count). The second kappa shape index (κ2) is 7.35. The average molecular weight is 395 g/mol. The minimum absolute atomic E-state index is 0.219. The SMILES string of the molecule is Cc1[nH]c2ccccc2c1C(=O)[C@H](C)OC(=O)Cn1nnc(-c2cccs2)n1. The predicted octanol–water partition coefficient (Wildman–Crippen LogP) is 3.01. The van der Waals surface area contributed by atoms with Gasteiger partial charge in [0.2, 0.25) is 11.6 Å². The Bertz CT molecular complexity index is 1150. The molecule has 1 aromatic carbocycles. The molecule has 0 spiro atoms. The standard InChI is InChI=1S/C19H17N5O3S/c1-11-17(13-6-3-4-7-14(13)20-11)18(26)12(2)27-16(25)10-24-22-19(21-23-24)15-8-5-9-28-15/h3-9,12,20H,10H2,1-2H3/t12-/m0/s1. The Morgan fingerprint density at radius 3 is 2.86 bits per heavy atom. The summed E-state index contributed by atoms with van der Waals surface area (Å²) in [4.78, 5) is 30.3. The number of rotatable bonds is 6. The van der Waals surface area contributed by atoms with Crippen LogP contribution in [0.15, 0.2) is 41.8 Å². The van der Waals surface area contributed by atoms with Crippen molar-refractivity contribution < 1.29 is 14.3 Å². The largest absolute Gasteiger partial charge is 0.453 e. The van der Waals surface area contributed by atoms with E-state index in [1.54, 1.807) is 6.92 Å². The summed E-state index contributed by atoms with van der Waals surface area (Å²) in [5, 5.41) is 14.7. The molecular formula is C19H17N5O3S. The van der Waals surface area contributed by atoms with E-state index < -0.39 is 12.1 Å². The van der Waals surface area contributed by atoms with Crippen LogP contribution < -0.4 is 0 Å². The summed E-state index contributed by atoms with van der Waals surface area (Å²) in [5.41, 5.74) is 2.15. The number of para-hydroxylation sites is 1. The number of ketones is 1. The molecular weight excluding hydrogens is 378 g/mol. The fourth-order valence-electron chi connectivity index (χ4n) is 3.02. The number of nitrogens with zero attached hydrogens (tertiary/aromatic N) is 4. The third-order valence-corrected chi connectivity index (χ3v) is 5.15. The van der Waals surface area contributed by atoms with Crippen molar-refractivity contribution in [2.45, 2.75) is 26.5 Å². The number of ether oxygens (including phenoxy) is 1. The fourth-order valence-corrected chi connectivity index (χ4v) is 3.66. The number of benzene rings is 1. The molecule has 28 heavy (non-hydrogen) atoms. The van der Waals surface area contributed by atoms with Gasteiger partial charge in [-0.15, -0.1) is 21.5 Å². The summed E-state index contributed by atoms with van der Waals surface area (Å²) in [6.07, 6.45) is -0.925. The van der Waals surface area contributed by atoms with Gasteiger partial charge in [-0.05, 0) is 36.6 Å². The third kappa shape index (κ3) is 3.44. The number of aromatic nitrogens is 5. The second-order valence-electron chi connectivity index (χ2n) is 6.29. The smallest absolute Gasteiger partial charge is 0.330 e. The van der Waals surface area contributed by atoms with E-state index >= 15 is 0 Å². The molecule has 0 aliphatic heterocycles. The lowest BCUT2D eigenvalue weighted by atomic mass is 10.0. The minimum atomic E-state index is -0.925. The first kappa shape index (κ1) is 18.1. The van der Waals surface area contributed by atoms with Crippen molar-refractivity contribution in [3.05, 3.63) is 53.0 Å². The molecule has 142 valence electrons. The molecule has 9 heteroatoms. The molecule has 0 fully saturated rings. The van der Waals surface area contributed by atoms with Gasteiger partial charge in [0.1, 0.15) is 0 Å². The summed E-state index contributed by atoms with van der Waals surface area (Å²) in [5.74, 6) is -0.413. The summed E-state index contributed by atoms with van der Waals surface area (Å²) < 4.78 is 5.32. The number of hydrogen-bond acceptors (Lipinski definition) is 7. The molecule has 0 saturated carbocycles. The molecule has 0 aliphatic carbocycles. The maximum atomic E-state index is 12.8. The van der Waals surface area contributed by atoms with Gasteiger partial charge >= 0.3 is 5.97 Å². The van der Waals surface area contributed by atoms with Gasteiger partial charge in [-0.3, -0.25) is 4.79 Å². The van der Waals surface area contributed by atoms with E-state index in [0.717, 1.165) is 26.3 Å². The molecule has 0 aliphatic rings. The van der Waals surface area contributed by atoms with E-state index in [9.17, 15) is 9.59 Å². The maximum absolute atomic E-state index is 12.8. The zero-order chi connectivity index (χ0) is 19.7. The molecule has 1 atom stereocenters. The van der Waals surface area contributed by atoms with Crippen LogP contribution in [0.5, 0.6) is 0 Å². The number of carbonyl (C=O) groups excluding carboxylic acids is 2. The van der Waals surface area contributed by atoms with Crippen LogP contribution in [0.3, 0.4) is 0 Å². The highest BCUT2D eigenvalue weighted by Crippen LogP contribution is 2.24. The highest BCUT2D eigenvalue weighted by atomic mass is 32.1. The Hall–Kier alpha value is -3.33. The van der Waals surface area contributed by atoms with Crippen LogP contribution in [0, 0.1) is 6.92 Å². The first-order chi connectivity index (χ1) is 13.5. The first-order valence-corrected chi connectivity index (χ1v) is 9.53. The molecule has 0 amide bonds. The summed E-state index contributed by atoms with van der Waals surface area (Å²) in [7, 11) is 0. The Balaban J connectivity index is 1.44. The van der Waals surface area contributed by atoms with E-state index in [1.165, 1.54) is 11.3 Å². The third-order valence-electron chi connectivity index (χ3n) is 4.28. The van der Waals surface area contributed by atoms with Crippen LogP contribution in [0.2, 0.25) is 0 Å². The Kier molecular flexibility index (Phi) is 4.74. The number of Topliss-reactive ketones (excluding diaryl/α,β-unsaturated/α-hetero) is 1. The molecule has 3 heterocycles. The number of tetrazole rings is 1. The Labute approximate surface area is 164 Å². The number of esters is 1. The highest BCUT2D eigenvalue weighted by molar-refractivity contribution is 7.13. The second-order valence-corrected chi connectivity index (χ2v) is 7.24. The lowest BCUT2D eigenvalue weighted by molar-refractivity contribution is -0.147. The zero-order valence-corrected chi connectivity index (χ0v) is 16.1. The summed E-state index contributed by atoms with van der Waals surface area (Å²) in [6, 6.07) is 11.3. The van der Waals surface area contributed by atoms with Crippen molar-refractivity contribution in [3.63, 3.8) is 0 Å². The van der Waals surface area contributed by atoms with E-state index in [-0.39, 0.29) is 12.3 Å². The molecule has 8 nitrogen and oxygen atoms in total. The lowest BCUT2D eigenvalue weighted by Gasteiger charge is -2.12. The van der Waals surface area contributed by atoms with Gasteiger partial charge in [-0.2, -0.15) is 4.80 Å². The van der Waals surface area contributed by atoms with Gasteiger partial charge in [0.05, 0.1) is 4.88 Å².